The Kier molecular flexibility index (Phi) is 8.03. The first kappa shape index (κ1) is 24.3. The maximum atomic E-state index is 12.7. The molecule has 35 heavy (non-hydrogen) atoms. The number of piperidine rings is 1. The second kappa shape index (κ2) is 11.6. The number of carbonyl (C=O) groups excluding carboxylic acids is 2. The van der Waals surface area contributed by atoms with Gasteiger partial charge in [0.05, 0.1) is 6.54 Å². The molecule has 2 heterocycles. The van der Waals surface area contributed by atoms with Crippen LogP contribution in [0, 0.1) is 0 Å². The topological polar surface area (TPSA) is 85.7 Å². The van der Waals surface area contributed by atoms with Crippen LogP contribution in [0.25, 0.3) is 0 Å². The van der Waals surface area contributed by atoms with Crippen LogP contribution in [0.5, 0.6) is 11.5 Å². The van der Waals surface area contributed by atoms with E-state index in [4.69, 9.17) is 9.47 Å². The summed E-state index contributed by atoms with van der Waals surface area (Å²) in [6.07, 6.45) is 6.81. The summed E-state index contributed by atoms with van der Waals surface area (Å²) in [5.74, 6) is 0.982. The molecule has 0 bridgehead atoms. The first-order valence-electron chi connectivity index (χ1n) is 12.1. The fourth-order valence-electron chi connectivity index (χ4n) is 4.39. The molecule has 1 aliphatic heterocycles. The van der Waals surface area contributed by atoms with Gasteiger partial charge in [-0.3, -0.25) is 14.3 Å². The molecular weight excluding hydrogens is 444 g/mol. The molecule has 0 saturated carbocycles. The molecule has 184 valence electrons. The van der Waals surface area contributed by atoms with Crippen molar-refractivity contribution in [1.82, 2.24) is 14.7 Å². The molecule has 1 N–H and O–H groups in total. The van der Waals surface area contributed by atoms with Crippen molar-refractivity contribution >= 4 is 17.5 Å². The van der Waals surface area contributed by atoms with Gasteiger partial charge in [0, 0.05) is 41.8 Å². The van der Waals surface area contributed by atoms with Gasteiger partial charge in [-0.25, -0.2) is 0 Å². The van der Waals surface area contributed by atoms with Gasteiger partial charge in [0.2, 0.25) is 0 Å². The van der Waals surface area contributed by atoms with Crippen LogP contribution in [-0.4, -0.2) is 51.8 Å². The Balaban J connectivity index is 1.26. The fraction of sp³-hybridized carbons (Fsp3) is 0.370. The van der Waals surface area contributed by atoms with E-state index in [0.717, 1.165) is 19.3 Å². The van der Waals surface area contributed by atoms with Crippen LogP contribution in [0.4, 0.5) is 5.69 Å². The average Bonchev–Trinajstić information content (AvgIpc) is 3.37. The Morgan fingerprint density at radius 3 is 2.49 bits per heavy atom. The van der Waals surface area contributed by atoms with Crippen molar-refractivity contribution in [3.63, 3.8) is 0 Å². The number of nitrogens with one attached hydrogen (secondary N) is 1. The first-order chi connectivity index (χ1) is 17.0. The Bertz CT molecular complexity index is 1100. The second-order valence-electron chi connectivity index (χ2n) is 8.84. The largest absolute Gasteiger partial charge is 0.492 e. The van der Waals surface area contributed by atoms with E-state index in [1.54, 1.807) is 41.2 Å². The SMILES string of the molecule is CC1CCCC(C)N1C(=O)COc1ccc(C(=O)Nc2cccc(OCCn3cccn3)c2)cc1. The van der Waals surface area contributed by atoms with Crippen molar-refractivity contribution in [1.29, 1.82) is 0 Å². The summed E-state index contributed by atoms with van der Waals surface area (Å²) in [5, 5.41) is 7.03. The van der Waals surface area contributed by atoms with Gasteiger partial charge in [-0.2, -0.15) is 5.10 Å². The lowest BCUT2D eigenvalue weighted by atomic mass is 9.97. The minimum absolute atomic E-state index is 0.00163. The van der Waals surface area contributed by atoms with E-state index >= 15 is 0 Å². The summed E-state index contributed by atoms with van der Waals surface area (Å²) in [7, 11) is 0. The van der Waals surface area contributed by atoms with Crippen molar-refractivity contribution in [2.75, 3.05) is 18.5 Å². The molecule has 3 aromatic rings. The Hall–Kier alpha value is -3.81. The number of amides is 2. The first-order valence-corrected chi connectivity index (χ1v) is 12.1. The number of rotatable bonds is 9. The summed E-state index contributed by atoms with van der Waals surface area (Å²) in [5.41, 5.74) is 1.13. The van der Waals surface area contributed by atoms with Crippen LogP contribution in [0.2, 0.25) is 0 Å². The van der Waals surface area contributed by atoms with E-state index in [9.17, 15) is 9.59 Å². The summed E-state index contributed by atoms with van der Waals surface area (Å²) >= 11 is 0. The van der Waals surface area contributed by atoms with E-state index in [-0.39, 0.29) is 30.5 Å². The summed E-state index contributed by atoms with van der Waals surface area (Å²) in [6.45, 7) is 5.28. The minimum atomic E-state index is -0.239. The van der Waals surface area contributed by atoms with Crippen molar-refractivity contribution in [2.24, 2.45) is 0 Å². The van der Waals surface area contributed by atoms with Crippen molar-refractivity contribution < 1.29 is 19.1 Å². The lowest BCUT2D eigenvalue weighted by Crippen LogP contribution is -2.49. The Morgan fingerprint density at radius 2 is 1.77 bits per heavy atom. The second-order valence-corrected chi connectivity index (χ2v) is 8.84. The van der Waals surface area contributed by atoms with Gasteiger partial charge in [0.25, 0.3) is 11.8 Å². The predicted molar refractivity (Wildman–Crippen MR) is 134 cm³/mol. The zero-order valence-corrected chi connectivity index (χ0v) is 20.2. The Labute approximate surface area is 205 Å². The molecule has 2 amide bonds. The lowest BCUT2D eigenvalue weighted by Gasteiger charge is -2.38. The van der Waals surface area contributed by atoms with Crippen LogP contribution >= 0.6 is 0 Å². The maximum Gasteiger partial charge on any atom is 0.260 e. The highest BCUT2D eigenvalue weighted by Crippen LogP contribution is 2.23. The Morgan fingerprint density at radius 1 is 1.00 bits per heavy atom. The number of carbonyl (C=O) groups is 2. The molecule has 4 rings (SSSR count). The van der Waals surface area contributed by atoms with Crippen LogP contribution in [-0.2, 0) is 11.3 Å². The minimum Gasteiger partial charge on any atom is -0.492 e. The molecule has 1 saturated heterocycles. The quantitative estimate of drug-likeness (QED) is 0.495. The van der Waals surface area contributed by atoms with Crippen LogP contribution in [0.3, 0.4) is 0 Å². The highest BCUT2D eigenvalue weighted by atomic mass is 16.5. The fourth-order valence-corrected chi connectivity index (χ4v) is 4.39. The normalized spacial score (nSPS) is 17.6. The zero-order valence-electron chi connectivity index (χ0n) is 20.2. The molecule has 1 aromatic heterocycles. The molecule has 0 spiro atoms. The molecule has 1 aliphatic rings. The standard InChI is InChI=1S/C27H32N4O4/c1-20-6-3-7-21(2)31(20)26(32)19-35-24-12-10-22(11-13-24)27(33)29-23-8-4-9-25(18-23)34-17-16-30-15-5-14-28-30/h4-5,8-15,18,20-21H,3,6-7,16-17,19H2,1-2H3,(H,29,33). The molecule has 1 fully saturated rings. The van der Waals surface area contributed by atoms with Gasteiger partial charge >= 0.3 is 0 Å². The number of nitrogens with zero attached hydrogens (tertiary/aromatic N) is 3. The van der Waals surface area contributed by atoms with Gasteiger partial charge in [-0.05, 0) is 75.6 Å². The van der Waals surface area contributed by atoms with E-state index in [2.05, 4.69) is 24.3 Å². The van der Waals surface area contributed by atoms with Crippen LogP contribution < -0.4 is 14.8 Å². The highest BCUT2D eigenvalue weighted by molar-refractivity contribution is 6.04. The number of ether oxygens (including phenoxy) is 2. The molecule has 2 unspecified atom stereocenters. The van der Waals surface area contributed by atoms with E-state index in [0.29, 0.717) is 35.9 Å². The van der Waals surface area contributed by atoms with Crippen molar-refractivity contribution in [3.8, 4) is 11.5 Å². The molecule has 2 aromatic carbocycles. The number of hydrogen-bond acceptors (Lipinski definition) is 5. The summed E-state index contributed by atoms with van der Waals surface area (Å²) in [6, 6.07) is 16.4. The number of aromatic nitrogens is 2. The molecule has 8 nitrogen and oxygen atoms in total. The third-order valence-electron chi connectivity index (χ3n) is 6.20. The monoisotopic (exact) mass is 476 g/mol. The van der Waals surface area contributed by atoms with Gasteiger partial charge in [0.1, 0.15) is 18.1 Å². The molecule has 0 radical (unpaired) electrons. The van der Waals surface area contributed by atoms with Crippen LogP contribution in [0.15, 0.2) is 67.0 Å². The van der Waals surface area contributed by atoms with E-state index in [1.807, 2.05) is 35.4 Å². The van der Waals surface area contributed by atoms with Gasteiger partial charge in [-0.1, -0.05) is 6.07 Å². The number of benzene rings is 2. The molecule has 2 atom stereocenters. The molecule has 0 aliphatic carbocycles. The van der Waals surface area contributed by atoms with E-state index < -0.39 is 0 Å². The van der Waals surface area contributed by atoms with Gasteiger partial charge in [0.15, 0.2) is 6.61 Å². The average molecular weight is 477 g/mol. The summed E-state index contributed by atoms with van der Waals surface area (Å²) in [4.78, 5) is 27.3. The maximum absolute atomic E-state index is 12.7. The molecule has 8 heteroatoms. The summed E-state index contributed by atoms with van der Waals surface area (Å²) < 4.78 is 13.3. The van der Waals surface area contributed by atoms with Crippen LogP contribution in [0.1, 0.15) is 43.5 Å². The van der Waals surface area contributed by atoms with Crippen molar-refractivity contribution in [2.45, 2.75) is 51.7 Å². The smallest absolute Gasteiger partial charge is 0.260 e. The van der Waals surface area contributed by atoms with Crippen molar-refractivity contribution in [3.05, 3.63) is 72.6 Å². The zero-order chi connectivity index (χ0) is 24.6. The number of anilines is 1. The van der Waals surface area contributed by atoms with Gasteiger partial charge < -0.3 is 19.7 Å². The number of likely N-dealkylation sites (tertiary alicyclic amines) is 1. The van der Waals surface area contributed by atoms with E-state index in [1.165, 1.54) is 0 Å². The lowest BCUT2D eigenvalue weighted by molar-refractivity contribution is -0.139. The third kappa shape index (κ3) is 6.62. The highest BCUT2D eigenvalue weighted by Gasteiger charge is 2.28. The number of hydrogen-bond donors (Lipinski definition) is 1. The molecular formula is C27H32N4O4. The predicted octanol–water partition coefficient (Wildman–Crippen LogP) is 4.38. The third-order valence-corrected chi connectivity index (χ3v) is 6.20. The van der Waals surface area contributed by atoms with Gasteiger partial charge in [-0.15, -0.1) is 0 Å².